The first kappa shape index (κ1) is 8.27. The van der Waals surface area contributed by atoms with E-state index in [1.165, 1.54) is 12.0 Å². The standard InChI is InChI=1S/C8H15N3/c1-3-4-8(9-2)7-5-10-11-6-7/h5-6,8-9H,3-4H2,1-2H3,(H,10,11). The molecule has 0 aromatic carbocycles. The van der Waals surface area contributed by atoms with Crippen molar-refractivity contribution in [2.75, 3.05) is 7.05 Å². The Balaban J connectivity index is 2.56. The predicted octanol–water partition coefficient (Wildman–Crippen LogP) is 1.47. The van der Waals surface area contributed by atoms with E-state index in [4.69, 9.17) is 0 Å². The topological polar surface area (TPSA) is 40.7 Å². The van der Waals surface area contributed by atoms with Crippen LogP contribution < -0.4 is 5.32 Å². The van der Waals surface area contributed by atoms with Gasteiger partial charge in [0.1, 0.15) is 0 Å². The summed E-state index contributed by atoms with van der Waals surface area (Å²) in [5.41, 5.74) is 1.24. The molecule has 1 aromatic rings. The lowest BCUT2D eigenvalue weighted by Crippen LogP contribution is -2.15. The molecule has 0 saturated heterocycles. The second-order valence-electron chi connectivity index (χ2n) is 2.66. The van der Waals surface area contributed by atoms with Crippen LogP contribution >= 0.6 is 0 Å². The summed E-state index contributed by atoms with van der Waals surface area (Å²) in [6.07, 6.45) is 6.17. The molecule has 0 amide bonds. The molecule has 1 aromatic heterocycles. The lowest BCUT2D eigenvalue weighted by atomic mass is 10.1. The molecule has 1 rings (SSSR count). The molecular formula is C8H15N3. The number of hydrogen-bond donors (Lipinski definition) is 2. The number of aromatic amines is 1. The molecule has 0 bridgehead atoms. The normalized spacial score (nSPS) is 13.3. The Morgan fingerprint density at radius 1 is 1.73 bits per heavy atom. The molecule has 3 nitrogen and oxygen atoms in total. The Morgan fingerprint density at radius 2 is 2.55 bits per heavy atom. The minimum absolute atomic E-state index is 0.457. The summed E-state index contributed by atoms with van der Waals surface area (Å²) in [5, 5.41) is 9.97. The Morgan fingerprint density at radius 3 is 3.00 bits per heavy atom. The molecule has 62 valence electrons. The van der Waals surface area contributed by atoms with Gasteiger partial charge >= 0.3 is 0 Å². The van der Waals surface area contributed by atoms with E-state index in [9.17, 15) is 0 Å². The van der Waals surface area contributed by atoms with Crippen LogP contribution in [0.2, 0.25) is 0 Å². The van der Waals surface area contributed by atoms with Crippen molar-refractivity contribution in [1.82, 2.24) is 15.5 Å². The molecule has 0 spiro atoms. The van der Waals surface area contributed by atoms with Gasteiger partial charge in [-0.1, -0.05) is 13.3 Å². The number of H-pyrrole nitrogens is 1. The fraction of sp³-hybridized carbons (Fsp3) is 0.625. The van der Waals surface area contributed by atoms with Gasteiger partial charge in [-0.05, 0) is 13.5 Å². The molecule has 1 heterocycles. The highest BCUT2D eigenvalue weighted by molar-refractivity contribution is 5.08. The van der Waals surface area contributed by atoms with E-state index in [-0.39, 0.29) is 0 Å². The molecule has 0 radical (unpaired) electrons. The monoisotopic (exact) mass is 153 g/mol. The van der Waals surface area contributed by atoms with E-state index in [1.54, 1.807) is 0 Å². The Labute approximate surface area is 67.2 Å². The van der Waals surface area contributed by atoms with E-state index >= 15 is 0 Å². The van der Waals surface area contributed by atoms with Gasteiger partial charge in [0.15, 0.2) is 0 Å². The van der Waals surface area contributed by atoms with Gasteiger partial charge < -0.3 is 5.32 Å². The maximum atomic E-state index is 3.91. The zero-order valence-corrected chi connectivity index (χ0v) is 7.09. The van der Waals surface area contributed by atoms with Crippen LogP contribution in [0, 0.1) is 0 Å². The van der Waals surface area contributed by atoms with E-state index < -0.39 is 0 Å². The first-order valence-electron chi connectivity index (χ1n) is 4.04. The third-order valence-electron chi connectivity index (χ3n) is 1.85. The largest absolute Gasteiger partial charge is 0.313 e. The van der Waals surface area contributed by atoms with Gasteiger partial charge in [0.2, 0.25) is 0 Å². The van der Waals surface area contributed by atoms with Crippen molar-refractivity contribution in [2.45, 2.75) is 25.8 Å². The first-order valence-corrected chi connectivity index (χ1v) is 4.04. The molecule has 3 heteroatoms. The smallest absolute Gasteiger partial charge is 0.0535 e. The zero-order chi connectivity index (χ0) is 8.10. The summed E-state index contributed by atoms with van der Waals surface area (Å²) >= 11 is 0. The summed E-state index contributed by atoms with van der Waals surface area (Å²) in [7, 11) is 1.98. The molecule has 0 aliphatic carbocycles. The quantitative estimate of drug-likeness (QED) is 0.687. The maximum absolute atomic E-state index is 3.91. The first-order chi connectivity index (χ1) is 5.38. The second kappa shape index (κ2) is 4.13. The number of rotatable bonds is 4. The average molecular weight is 153 g/mol. The number of hydrogen-bond acceptors (Lipinski definition) is 2. The Kier molecular flexibility index (Phi) is 3.11. The molecule has 1 atom stereocenters. The molecule has 0 aliphatic heterocycles. The van der Waals surface area contributed by atoms with Crippen molar-refractivity contribution in [1.29, 1.82) is 0 Å². The van der Waals surface area contributed by atoms with Crippen LogP contribution in [0.25, 0.3) is 0 Å². The van der Waals surface area contributed by atoms with Gasteiger partial charge in [0.25, 0.3) is 0 Å². The average Bonchev–Trinajstić information content (AvgIpc) is 2.52. The highest BCUT2D eigenvalue weighted by Crippen LogP contribution is 2.15. The molecule has 0 fully saturated rings. The van der Waals surface area contributed by atoms with Crippen LogP contribution in [0.5, 0.6) is 0 Å². The van der Waals surface area contributed by atoms with Crippen LogP contribution in [-0.2, 0) is 0 Å². The van der Waals surface area contributed by atoms with Crippen LogP contribution in [-0.4, -0.2) is 17.2 Å². The summed E-state index contributed by atoms with van der Waals surface area (Å²) in [4.78, 5) is 0. The summed E-state index contributed by atoms with van der Waals surface area (Å²) in [6.45, 7) is 2.18. The highest BCUT2D eigenvalue weighted by atomic mass is 15.1. The summed E-state index contributed by atoms with van der Waals surface area (Å²) in [5.74, 6) is 0. The predicted molar refractivity (Wildman–Crippen MR) is 45.3 cm³/mol. The maximum Gasteiger partial charge on any atom is 0.0535 e. The van der Waals surface area contributed by atoms with E-state index in [1.807, 2.05) is 19.4 Å². The molecule has 11 heavy (non-hydrogen) atoms. The molecule has 1 unspecified atom stereocenters. The van der Waals surface area contributed by atoms with Gasteiger partial charge in [-0.2, -0.15) is 5.10 Å². The minimum atomic E-state index is 0.457. The van der Waals surface area contributed by atoms with Crippen LogP contribution in [0.4, 0.5) is 0 Å². The number of aromatic nitrogens is 2. The summed E-state index contributed by atoms with van der Waals surface area (Å²) in [6, 6.07) is 0.457. The van der Waals surface area contributed by atoms with E-state index in [0.717, 1.165) is 6.42 Å². The minimum Gasteiger partial charge on any atom is -0.313 e. The molecular weight excluding hydrogens is 138 g/mol. The van der Waals surface area contributed by atoms with Gasteiger partial charge in [0, 0.05) is 17.8 Å². The SMILES string of the molecule is CCCC(NC)c1cn[nH]c1. The Hall–Kier alpha value is -0.830. The molecule has 0 saturated carbocycles. The highest BCUT2D eigenvalue weighted by Gasteiger charge is 2.07. The summed E-state index contributed by atoms with van der Waals surface area (Å²) < 4.78 is 0. The second-order valence-corrected chi connectivity index (χ2v) is 2.66. The van der Waals surface area contributed by atoms with Gasteiger partial charge in [-0.3, -0.25) is 5.10 Å². The van der Waals surface area contributed by atoms with Crippen molar-refractivity contribution in [2.24, 2.45) is 0 Å². The fourth-order valence-electron chi connectivity index (χ4n) is 1.22. The van der Waals surface area contributed by atoms with Gasteiger partial charge in [-0.25, -0.2) is 0 Å². The van der Waals surface area contributed by atoms with Crippen molar-refractivity contribution in [3.05, 3.63) is 18.0 Å². The lowest BCUT2D eigenvalue weighted by Gasteiger charge is -2.11. The van der Waals surface area contributed by atoms with Crippen LogP contribution in [0.15, 0.2) is 12.4 Å². The molecule has 2 N–H and O–H groups in total. The van der Waals surface area contributed by atoms with Crippen molar-refractivity contribution < 1.29 is 0 Å². The number of nitrogens with one attached hydrogen (secondary N) is 2. The Bertz CT molecular complexity index is 181. The third-order valence-corrected chi connectivity index (χ3v) is 1.85. The number of nitrogens with zero attached hydrogens (tertiary/aromatic N) is 1. The van der Waals surface area contributed by atoms with Gasteiger partial charge in [0.05, 0.1) is 6.20 Å². The third kappa shape index (κ3) is 2.05. The zero-order valence-electron chi connectivity index (χ0n) is 7.09. The van der Waals surface area contributed by atoms with Gasteiger partial charge in [-0.15, -0.1) is 0 Å². The molecule has 0 aliphatic rings. The van der Waals surface area contributed by atoms with Crippen molar-refractivity contribution in [3.63, 3.8) is 0 Å². The van der Waals surface area contributed by atoms with Crippen molar-refractivity contribution >= 4 is 0 Å². The fourth-order valence-corrected chi connectivity index (χ4v) is 1.22. The van der Waals surface area contributed by atoms with E-state index in [2.05, 4.69) is 22.4 Å². The lowest BCUT2D eigenvalue weighted by molar-refractivity contribution is 0.542. The van der Waals surface area contributed by atoms with Crippen molar-refractivity contribution in [3.8, 4) is 0 Å². The van der Waals surface area contributed by atoms with E-state index in [0.29, 0.717) is 6.04 Å². The van der Waals surface area contributed by atoms with Crippen LogP contribution in [0.1, 0.15) is 31.4 Å². The van der Waals surface area contributed by atoms with Crippen LogP contribution in [0.3, 0.4) is 0 Å².